The van der Waals surface area contributed by atoms with Crippen LogP contribution in [0.15, 0.2) is 24.5 Å². The quantitative estimate of drug-likeness (QED) is 0.807. The molecule has 1 aromatic carbocycles. The summed E-state index contributed by atoms with van der Waals surface area (Å²) in [7, 11) is 0. The third-order valence-electron chi connectivity index (χ3n) is 2.02. The smallest absolute Gasteiger partial charge is 0.155 e. The highest BCUT2D eigenvalue weighted by atomic mass is 35.5. The zero-order valence-corrected chi connectivity index (χ0v) is 10.2. The summed E-state index contributed by atoms with van der Waals surface area (Å²) >= 11 is 17.6. The van der Waals surface area contributed by atoms with Crippen molar-refractivity contribution in [3.63, 3.8) is 0 Å². The van der Waals surface area contributed by atoms with Crippen LogP contribution >= 0.6 is 34.8 Å². The Balaban J connectivity index is 2.63. The highest BCUT2D eigenvalue weighted by molar-refractivity contribution is 6.37. The molecule has 0 spiro atoms. The van der Waals surface area contributed by atoms with Crippen LogP contribution in [0.3, 0.4) is 0 Å². The average molecular weight is 275 g/mol. The standard InChI is InChI=1S/C10H6Cl3N3/c11-5-1-2-6(7(12)3-5)9-8(14)10(13)16-4-15-9/h1-4H,14H2. The molecule has 0 saturated carbocycles. The van der Waals surface area contributed by atoms with Crippen molar-refractivity contribution in [3.8, 4) is 11.3 Å². The molecule has 1 aromatic heterocycles. The van der Waals surface area contributed by atoms with E-state index in [0.29, 0.717) is 27.0 Å². The predicted molar refractivity (Wildman–Crippen MR) is 66.9 cm³/mol. The van der Waals surface area contributed by atoms with Crippen molar-refractivity contribution in [2.75, 3.05) is 5.73 Å². The van der Waals surface area contributed by atoms with Gasteiger partial charge in [-0.1, -0.05) is 34.8 Å². The van der Waals surface area contributed by atoms with Gasteiger partial charge in [0.15, 0.2) is 5.15 Å². The Bertz CT molecular complexity index is 543. The molecule has 0 saturated heterocycles. The Hall–Kier alpha value is -1.03. The minimum atomic E-state index is 0.205. The molecule has 0 aliphatic rings. The van der Waals surface area contributed by atoms with Gasteiger partial charge in [-0.15, -0.1) is 0 Å². The number of anilines is 1. The molecule has 0 bridgehead atoms. The van der Waals surface area contributed by atoms with Crippen LogP contribution in [0.1, 0.15) is 0 Å². The maximum Gasteiger partial charge on any atom is 0.155 e. The number of nitrogen functional groups attached to an aromatic ring is 1. The van der Waals surface area contributed by atoms with Crippen molar-refractivity contribution in [1.82, 2.24) is 9.97 Å². The van der Waals surface area contributed by atoms with E-state index in [9.17, 15) is 0 Å². The predicted octanol–water partition coefficient (Wildman–Crippen LogP) is 3.69. The van der Waals surface area contributed by atoms with Crippen molar-refractivity contribution in [3.05, 3.63) is 39.7 Å². The van der Waals surface area contributed by atoms with Crippen molar-refractivity contribution in [1.29, 1.82) is 0 Å². The molecule has 2 aromatic rings. The molecular weight excluding hydrogens is 268 g/mol. The van der Waals surface area contributed by atoms with E-state index < -0.39 is 0 Å². The van der Waals surface area contributed by atoms with Gasteiger partial charge in [0.25, 0.3) is 0 Å². The first-order valence-electron chi connectivity index (χ1n) is 4.31. The summed E-state index contributed by atoms with van der Waals surface area (Å²) in [6, 6.07) is 5.06. The zero-order chi connectivity index (χ0) is 11.7. The second-order valence-electron chi connectivity index (χ2n) is 3.05. The Morgan fingerprint density at radius 2 is 1.81 bits per heavy atom. The van der Waals surface area contributed by atoms with E-state index in [1.165, 1.54) is 6.33 Å². The van der Waals surface area contributed by atoms with E-state index in [1.807, 2.05) is 0 Å². The van der Waals surface area contributed by atoms with E-state index in [0.717, 1.165) is 0 Å². The molecule has 0 aliphatic heterocycles. The Morgan fingerprint density at radius 1 is 1.06 bits per heavy atom. The van der Waals surface area contributed by atoms with Gasteiger partial charge in [0.2, 0.25) is 0 Å². The number of aromatic nitrogens is 2. The number of halogens is 3. The van der Waals surface area contributed by atoms with Gasteiger partial charge in [-0.3, -0.25) is 0 Å². The monoisotopic (exact) mass is 273 g/mol. The number of nitrogens with zero attached hydrogens (tertiary/aromatic N) is 2. The first-order valence-corrected chi connectivity index (χ1v) is 5.44. The molecule has 16 heavy (non-hydrogen) atoms. The fourth-order valence-corrected chi connectivity index (χ4v) is 1.90. The van der Waals surface area contributed by atoms with Gasteiger partial charge in [0.05, 0.1) is 16.4 Å². The summed E-state index contributed by atoms with van der Waals surface area (Å²) in [5.41, 5.74) is 7.25. The lowest BCUT2D eigenvalue weighted by Gasteiger charge is -2.07. The average Bonchev–Trinajstić information content (AvgIpc) is 2.23. The Labute approximate surface area is 107 Å². The van der Waals surface area contributed by atoms with E-state index in [-0.39, 0.29) is 5.15 Å². The first kappa shape index (κ1) is 11.5. The van der Waals surface area contributed by atoms with Crippen LogP contribution in [0.2, 0.25) is 15.2 Å². The summed E-state index contributed by atoms with van der Waals surface area (Å²) in [6.07, 6.45) is 1.33. The van der Waals surface area contributed by atoms with E-state index in [1.54, 1.807) is 18.2 Å². The normalized spacial score (nSPS) is 10.4. The number of hydrogen-bond acceptors (Lipinski definition) is 3. The highest BCUT2D eigenvalue weighted by Crippen LogP contribution is 2.34. The van der Waals surface area contributed by atoms with E-state index >= 15 is 0 Å². The molecule has 2 N–H and O–H groups in total. The van der Waals surface area contributed by atoms with Crippen LogP contribution in [0.25, 0.3) is 11.3 Å². The Kier molecular flexibility index (Phi) is 3.19. The fraction of sp³-hybridized carbons (Fsp3) is 0. The lowest BCUT2D eigenvalue weighted by molar-refractivity contribution is 1.18. The van der Waals surface area contributed by atoms with Crippen LogP contribution in [-0.2, 0) is 0 Å². The SMILES string of the molecule is Nc1c(Cl)ncnc1-c1ccc(Cl)cc1Cl. The zero-order valence-electron chi connectivity index (χ0n) is 7.92. The second kappa shape index (κ2) is 4.45. The van der Waals surface area contributed by atoms with Crippen LogP contribution in [0.4, 0.5) is 5.69 Å². The van der Waals surface area contributed by atoms with Gasteiger partial charge in [0, 0.05) is 10.6 Å². The first-order chi connectivity index (χ1) is 7.59. The molecule has 2 rings (SSSR count). The van der Waals surface area contributed by atoms with Crippen molar-refractivity contribution < 1.29 is 0 Å². The fourth-order valence-electron chi connectivity index (χ4n) is 1.27. The van der Waals surface area contributed by atoms with Gasteiger partial charge < -0.3 is 5.73 Å². The summed E-state index contributed by atoms with van der Waals surface area (Å²) in [6.45, 7) is 0. The maximum absolute atomic E-state index is 6.04. The van der Waals surface area contributed by atoms with Gasteiger partial charge in [-0.25, -0.2) is 9.97 Å². The van der Waals surface area contributed by atoms with Gasteiger partial charge in [-0.2, -0.15) is 0 Å². The third kappa shape index (κ3) is 2.07. The molecule has 0 amide bonds. The van der Waals surface area contributed by atoms with Gasteiger partial charge >= 0.3 is 0 Å². The van der Waals surface area contributed by atoms with E-state index in [4.69, 9.17) is 40.5 Å². The molecule has 0 aliphatic carbocycles. The molecule has 3 nitrogen and oxygen atoms in total. The largest absolute Gasteiger partial charge is 0.394 e. The molecule has 0 fully saturated rings. The molecule has 0 unspecified atom stereocenters. The summed E-state index contributed by atoms with van der Waals surface area (Å²) in [4.78, 5) is 7.82. The number of rotatable bonds is 1. The third-order valence-corrected chi connectivity index (χ3v) is 2.87. The molecule has 82 valence electrons. The van der Waals surface area contributed by atoms with Gasteiger partial charge in [-0.05, 0) is 18.2 Å². The molecule has 6 heteroatoms. The van der Waals surface area contributed by atoms with Gasteiger partial charge in [0.1, 0.15) is 6.33 Å². The molecular formula is C10H6Cl3N3. The van der Waals surface area contributed by atoms with Crippen molar-refractivity contribution >= 4 is 40.5 Å². The molecule has 0 radical (unpaired) electrons. The summed E-state index contributed by atoms with van der Waals surface area (Å²) < 4.78 is 0. The van der Waals surface area contributed by atoms with Crippen molar-refractivity contribution in [2.24, 2.45) is 0 Å². The van der Waals surface area contributed by atoms with Crippen LogP contribution in [0.5, 0.6) is 0 Å². The number of benzene rings is 1. The lowest BCUT2D eigenvalue weighted by Crippen LogP contribution is -1.96. The van der Waals surface area contributed by atoms with Crippen molar-refractivity contribution in [2.45, 2.75) is 0 Å². The maximum atomic E-state index is 6.04. The number of nitrogens with two attached hydrogens (primary N) is 1. The lowest BCUT2D eigenvalue weighted by atomic mass is 10.1. The highest BCUT2D eigenvalue weighted by Gasteiger charge is 2.11. The minimum Gasteiger partial charge on any atom is -0.394 e. The summed E-state index contributed by atoms with van der Waals surface area (Å²) in [5.74, 6) is 0. The Morgan fingerprint density at radius 3 is 2.50 bits per heavy atom. The van der Waals surface area contributed by atoms with Crippen LogP contribution < -0.4 is 5.73 Å². The van der Waals surface area contributed by atoms with E-state index in [2.05, 4.69) is 9.97 Å². The second-order valence-corrected chi connectivity index (χ2v) is 4.25. The van der Waals surface area contributed by atoms with Crippen LogP contribution in [-0.4, -0.2) is 9.97 Å². The summed E-state index contributed by atoms with van der Waals surface area (Å²) in [5, 5.41) is 1.22. The topological polar surface area (TPSA) is 51.8 Å². The molecule has 1 heterocycles. The van der Waals surface area contributed by atoms with Crippen LogP contribution in [0, 0.1) is 0 Å². The molecule has 0 atom stereocenters. The minimum absolute atomic E-state index is 0.205. The number of hydrogen-bond donors (Lipinski definition) is 1.